The summed E-state index contributed by atoms with van der Waals surface area (Å²) in [6, 6.07) is 10.5. The molecule has 1 aromatic carbocycles. The molecule has 0 spiro atoms. The van der Waals surface area contributed by atoms with Crippen LogP contribution in [-0.4, -0.2) is 74.3 Å². The molecule has 166 valence electrons. The van der Waals surface area contributed by atoms with Crippen LogP contribution in [0, 0.1) is 0 Å². The molecule has 0 aliphatic carbocycles. The quantitative estimate of drug-likeness (QED) is 0.309. The van der Waals surface area contributed by atoms with Gasteiger partial charge in [0.1, 0.15) is 0 Å². The Hall–Kier alpha value is -1.07. The first-order chi connectivity index (χ1) is 13.4. The molecule has 1 aliphatic heterocycles. The Morgan fingerprint density at radius 3 is 2.45 bits per heavy atom. The second-order valence-corrected chi connectivity index (χ2v) is 7.08. The molecule has 1 aromatic rings. The molecule has 2 unspecified atom stereocenters. The number of benzene rings is 1. The average molecular weight is 527 g/mol. The number of likely N-dealkylation sites (N-methyl/N-ethyl adjacent to an activating group) is 1. The van der Waals surface area contributed by atoms with Crippen molar-refractivity contribution in [2.24, 2.45) is 4.99 Å². The summed E-state index contributed by atoms with van der Waals surface area (Å²) in [4.78, 5) is 8.07. The van der Waals surface area contributed by atoms with Crippen molar-refractivity contribution < 1.29 is 13.2 Å². The molecule has 0 bridgehead atoms. The van der Waals surface area contributed by atoms with Crippen LogP contribution in [0.5, 0.6) is 0 Å². The van der Waals surface area contributed by atoms with E-state index in [2.05, 4.69) is 46.5 Å². The smallest absolute Gasteiger partial charge is 0.354 e. The van der Waals surface area contributed by atoms with Gasteiger partial charge in [-0.1, -0.05) is 44.2 Å². The first kappa shape index (κ1) is 26.0. The Labute approximate surface area is 189 Å². The summed E-state index contributed by atoms with van der Waals surface area (Å²) in [7, 11) is 1.69. The molecule has 0 aromatic heterocycles. The molecule has 0 radical (unpaired) electrons. The molecule has 0 amide bonds. The van der Waals surface area contributed by atoms with Gasteiger partial charge in [0.05, 0.1) is 12.6 Å². The maximum Gasteiger partial charge on any atom is 0.401 e. The minimum atomic E-state index is -4.15. The van der Waals surface area contributed by atoms with E-state index in [0.717, 1.165) is 13.1 Å². The van der Waals surface area contributed by atoms with Crippen molar-refractivity contribution in [1.82, 2.24) is 20.4 Å². The monoisotopic (exact) mass is 527 g/mol. The highest BCUT2D eigenvalue weighted by molar-refractivity contribution is 14.0. The van der Waals surface area contributed by atoms with E-state index in [1.54, 1.807) is 7.05 Å². The number of halogens is 4. The Bertz CT molecular complexity index is 608. The Morgan fingerprint density at radius 2 is 1.90 bits per heavy atom. The van der Waals surface area contributed by atoms with Gasteiger partial charge >= 0.3 is 6.18 Å². The lowest BCUT2D eigenvalue weighted by Crippen LogP contribution is -2.47. The fraction of sp³-hybridized carbons (Fsp3) is 0.650. The number of rotatable bonds is 8. The molecule has 29 heavy (non-hydrogen) atoms. The summed E-state index contributed by atoms with van der Waals surface area (Å²) in [6.45, 7) is 6.77. The molecule has 9 heteroatoms. The van der Waals surface area contributed by atoms with E-state index >= 15 is 0 Å². The number of nitrogens with zero attached hydrogens (tertiary/aromatic N) is 3. The van der Waals surface area contributed by atoms with Gasteiger partial charge in [-0.3, -0.25) is 14.8 Å². The van der Waals surface area contributed by atoms with E-state index in [-0.39, 0.29) is 36.1 Å². The third-order valence-corrected chi connectivity index (χ3v) is 5.14. The molecule has 2 N–H and O–H groups in total. The van der Waals surface area contributed by atoms with Crippen molar-refractivity contribution in [2.75, 3.05) is 46.3 Å². The minimum absolute atomic E-state index is 0. The highest BCUT2D eigenvalue weighted by Crippen LogP contribution is 2.21. The molecular formula is C20H33F3IN5. The van der Waals surface area contributed by atoms with Crippen LogP contribution in [-0.2, 0) is 0 Å². The van der Waals surface area contributed by atoms with Crippen LogP contribution >= 0.6 is 24.0 Å². The largest absolute Gasteiger partial charge is 0.401 e. The minimum Gasteiger partial charge on any atom is -0.354 e. The maximum absolute atomic E-state index is 12.6. The predicted octanol–water partition coefficient (Wildman–Crippen LogP) is 3.49. The summed E-state index contributed by atoms with van der Waals surface area (Å²) in [5.41, 5.74) is 1.23. The molecule has 5 nitrogen and oxygen atoms in total. The van der Waals surface area contributed by atoms with Crippen LogP contribution < -0.4 is 10.6 Å². The highest BCUT2D eigenvalue weighted by atomic mass is 127. The zero-order valence-electron chi connectivity index (χ0n) is 17.4. The first-order valence-corrected chi connectivity index (χ1v) is 9.91. The van der Waals surface area contributed by atoms with Gasteiger partial charge in [0.2, 0.25) is 0 Å². The summed E-state index contributed by atoms with van der Waals surface area (Å²) in [6.07, 6.45) is -3.48. The fourth-order valence-corrected chi connectivity index (χ4v) is 3.73. The van der Waals surface area contributed by atoms with Crippen LogP contribution in [0.25, 0.3) is 0 Å². The van der Waals surface area contributed by atoms with Crippen LogP contribution in [0.3, 0.4) is 0 Å². The van der Waals surface area contributed by atoms with E-state index < -0.39 is 12.7 Å². The second-order valence-electron chi connectivity index (χ2n) is 7.08. The standard InChI is InChI=1S/C20H32F3N5.HI/c1-4-28(5-2)18(16-9-7-6-8-10-16)13-25-19(24-3)26-17-11-12-27(14-17)15-20(21,22)23;/h6-10,17-18H,4-5,11-15H2,1-3H3,(H2,24,25,26);1H. The van der Waals surface area contributed by atoms with Gasteiger partial charge in [0.25, 0.3) is 0 Å². The first-order valence-electron chi connectivity index (χ1n) is 9.91. The lowest BCUT2D eigenvalue weighted by Gasteiger charge is -2.31. The van der Waals surface area contributed by atoms with E-state index in [1.807, 2.05) is 18.2 Å². The van der Waals surface area contributed by atoms with Crippen molar-refractivity contribution in [3.05, 3.63) is 35.9 Å². The number of guanidine groups is 1. The summed E-state index contributed by atoms with van der Waals surface area (Å²) in [5.74, 6) is 0.631. The van der Waals surface area contributed by atoms with E-state index in [0.29, 0.717) is 32.0 Å². The fourth-order valence-electron chi connectivity index (χ4n) is 3.73. The zero-order valence-corrected chi connectivity index (χ0v) is 19.7. The molecule has 1 saturated heterocycles. The van der Waals surface area contributed by atoms with E-state index in [9.17, 15) is 13.2 Å². The van der Waals surface area contributed by atoms with Crippen molar-refractivity contribution in [3.63, 3.8) is 0 Å². The lowest BCUT2D eigenvalue weighted by molar-refractivity contribution is -0.143. The predicted molar refractivity (Wildman–Crippen MR) is 123 cm³/mol. The topological polar surface area (TPSA) is 42.9 Å². The molecule has 2 atom stereocenters. The number of nitrogens with one attached hydrogen (secondary N) is 2. The number of alkyl halides is 3. The van der Waals surface area contributed by atoms with Gasteiger partial charge in [-0.2, -0.15) is 13.2 Å². The van der Waals surface area contributed by atoms with Crippen LogP contribution in [0.15, 0.2) is 35.3 Å². The number of hydrogen-bond donors (Lipinski definition) is 2. The molecule has 1 heterocycles. The Kier molecular flexibility index (Phi) is 11.3. The average Bonchev–Trinajstić information content (AvgIpc) is 3.09. The van der Waals surface area contributed by atoms with Crippen LogP contribution in [0.2, 0.25) is 0 Å². The van der Waals surface area contributed by atoms with E-state index in [4.69, 9.17) is 0 Å². The van der Waals surface area contributed by atoms with Gasteiger partial charge < -0.3 is 10.6 Å². The zero-order chi connectivity index (χ0) is 20.6. The number of hydrogen-bond acceptors (Lipinski definition) is 3. The number of aliphatic imine (C=N–C) groups is 1. The van der Waals surface area contributed by atoms with Crippen molar-refractivity contribution in [2.45, 2.75) is 38.5 Å². The van der Waals surface area contributed by atoms with Gasteiger partial charge in [0, 0.05) is 32.7 Å². The number of likely N-dealkylation sites (tertiary alicyclic amines) is 1. The lowest BCUT2D eigenvalue weighted by atomic mass is 10.1. The van der Waals surface area contributed by atoms with Gasteiger partial charge in [-0.25, -0.2) is 0 Å². The van der Waals surface area contributed by atoms with Gasteiger partial charge in [-0.15, -0.1) is 24.0 Å². The third kappa shape index (κ3) is 8.67. The van der Waals surface area contributed by atoms with E-state index in [1.165, 1.54) is 10.5 Å². The summed E-state index contributed by atoms with van der Waals surface area (Å²) >= 11 is 0. The molecule has 1 fully saturated rings. The Balaban J connectivity index is 0.00000420. The third-order valence-electron chi connectivity index (χ3n) is 5.14. The molecule has 0 saturated carbocycles. The SMILES string of the molecule is CCN(CC)C(CNC(=NC)NC1CCN(CC(F)(F)F)C1)c1ccccc1.I. The maximum atomic E-state index is 12.6. The summed E-state index contributed by atoms with van der Waals surface area (Å²) < 4.78 is 37.7. The van der Waals surface area contributed by atoms with Gasteiger partial charge in [0.15, 0.2) is 5.96 Å². The van der Waals surface area contributed by atoms with Crippen molar-refractivity contribution in [1.29, 1.82) is 0 Å². The second kappa shape index (κ2) is 12.6. The van der Waals surface area contributed by atoms with Gasteiger partial charge in [-0.05, 0) is 25.1 Å². The normalized spacial score (nSPS) is 19.1. The van der Waals surface area contributed by atoms with Crippen molar-refractivity contribution >= 4 is 29.9 Å². The van der Waals surface area contributed by atoms with Crippen LogP contribution in [0.1, 0.15) is 31.9 Å². The molecule has 2 rings (SSSR count). The molecule has 1 aliphatic rings. The summed E-state index contributed by atoms with van der Waals surface area (Å²) in [5, 5.41) is 6.64. The molecular weight excluding hydrogens is 494 g/mol. The highest BCUT2D eigenvalue weighted by Gasteiger charge is 2.34. The van der Waals surface area contributed by atoms with Crippen LogP contribution in [0.4, 0.5) is 13.2 Å². The Morgan fingerprint density at radius 1 is 1.24 bits per heavy atom. The van der Waals surface area contributed by atoms with Crippen molar-refractivity contribution in [3.8, 4) is 0 Å².